The summed E-state index contributed by atoms with van der Waals surface area (Å²) in [7, 11) is 0. The Morgan fingerprint density at radius 3 is 2.76 bits per heavy atom. The van der Waals surface area contributed by atoms with Gasteiger partial charge in [0.25, 0.3) is 0 Å². The van der Waals surface area contributed by atoms with E-state index in [2.05, 4.69) is 0 Å². The average Bonchev–Trinajstić information content (AvgIpc) is 2.46. The molecule has 0 spiro atoms. The number of hydrogen-bond donors (Lipinski definition) is 2. The molecule has 0 radical (unpaired) electrons. The van der Waals surface area contributed by atoms with Crippen LogP contribution in [0.3, 0.4) is 0 Å². The largest absolute Gasteiger partial charge is 0.459 e. The molecule has 0 saturated heterocycles. The molecule has 21 heavy (non-hydrogen) atoms. The fraction of sp³-hybridized carbons (Fsp3) is 0.353. The van der Waals surface area contributed by atoms with Crippen molar-refractivity contribution >= 4 is 12.0 Å². The Labute approximate surface area is 124 Å². The fourth-order valence-electron chi connectivity index (χ4n) is 2.26. The highest BCUT2D eigenvalue weighted by Crippen LogP contribution is 2.16. The fourth-order valence-corrected chi connectivity index (χ4v) is 2.26. The molecular weight excluding hydrogens is 268 g/mol. The summed E-state index contributed by atoms with van der Waals surface area (Å²) < 4.78 is 5.08. The first kappa shape index (κ1) is 15.5. The zero-order chi connectivity index (χ0) is 15.1. The van der Waals surface area contributed by atoms with Gasteiger partial charge in [-0.15, -0.1) is 0 Å². The lowest BCUT2D eigenvalue weighted by Gasteiger charge is -2.22. The number of esters is 1. The number of carbonyl (C=O) groups excluding carboxylic acids is 1. The number of hydrogen-bond acceptors (Lipinski definition) is 4. The quantitative estimate of drug-likeness (QED) is 0.786. The zero-order valence-corrected chi connectivity index (χ0v) is 11.8. The number of aliphatic hydroxyl groups excluding tert-OH is 2. The van der Waals surface area contributed by atoms with Crippen LogP contribution in [0.15, 0.2) is 48.6 Å². The molecule has 1 unspecified atom stereocenters. The van der Waals surface area contributed by atoms with Crippen molar-refractivity contribution in [2.24, 2.45) is 0 Å². The van der Waals surface area contributed by atoms with Crippen LogP contribution in [0.1, 0.15) is 24.8 Å². The second-order valence-corrected chi connectivity index (χ2v) is 5.16. The number of ether oxygens (including phenoxy) is 1. The lowest BCUT2D eigenvalue weighted by atomic mass is 10.0. The van der Waals surface area contributed by atoms with E-state index in [4.69, 9.17) is 4.74 Å². The Balaban J connectivity index is 1.77. The van der Waals surface area contributed by atoms with Gasteiger partial charge in [0.2, 0.25) is 0 Å². The van der Waals surface area contributed by atoms with Crippen molar-refractivity contribution in [3.05, 3.63) is 54.1 Å². The van der Waals surface area contributed by atoms with Gasteiger partial charge in [-0.05, 0) is 5.56 Å². The molecule has 0 bridgehead atoms. The highest BCUT2D eigenvalue weighted by molar-refractivity contribution is 5.82. The molecule has 2 N–H and O–H groups in total. The van der Waals surface area contributed by atoms with E-state index >= 15 is 0 Å². The van der Waals surface area contributed by atoms with Crippen LogP contribution in [-0.4, -0.2) is 34.5 Å². The minimum atomic E-state index is -0.727. The number of benzene rings is 1. The third-order valence-electron chi connectivity index (χ3n) is 3.29. The van der Waals surface area contributed by atoms with Crippen LogP contribution < -0.4 is 0 Å². The Morgan fingerprint density at radius 2 is 2.05 bits per heavy atom. The predicted octanol–water partition coefficient (Wildman–Crippen LogP) is 2.07. The summed E-state index contributed by atoms with van der Waals surface area (Å²) in [6.07, 6.45) is 6.05. The lowest BCUT2D eigenvalue weighted by Crippen LogP contribution is -2.27. The Hall–Kier alpha value is -1.91. The first-order valence-corrected chi connectivity index (χ1v) is 7.10. The van der Waals surface area contributed by atoms with Gasteiger partial charge in [-0.25, -0.2) is 4.79 Å². The van der Waals surface area contributed by atoms with E-state index in [0.29, 0.717) is 12.8 Å². The molecule has 2 rings (SSSR count). The molecule has 1 aliphatic rings. The van der Waals surface area contributed by atoms with Gasteiger partial charge >= 0.3 is 5.97 Å². The summed E-state index contributed by atoms with van der Waals surface area (Å²) in [6, 6.07) is 9.65. The van der Waals surface area contributed by atoms with Crippen molar-refractivity contribution in [3.8, 4) is 0 Å². The van der Waals surface area contributed by atoms with Gasteiger partial charge in [0.1, 0.15) is 6.10 Å². The van der Waals surface area contributed by atoms with Crippen LogP contribution in [0, 0.1) is 0 Å². The predicted molar refractivity (Wildman–Crippen MR) is 80.4 cm³/mol. The normalized spacial score (nSPS) is 21.2. The second-order valence-electron chi connectivity index (χ2n) is 5.16. The van der Waals surface area contributed by atoms with E-state index in [1.54, 1.807) is 12.2 Å². The molecule has 112 valence electrons. The van der Waals surface area contributed by atoms with E-state index < -0.39 is 12.2 Å². The van der Waals surface area contributed by atoms with Crippen molar-refractivity contribution < 1.29 is 19.7 Å². The van der Waals surface area contributed by atoms with Gasteiger partial charge in [-0.3, -0.25) is 0 Å². The molecule has 0 aromatic heterocycles. The van der Waals surface area contributed by atoms with Crippen LogP contribution in [0.25, 0.3) is 6.08 Å². The summed E-state index contributed by atoms with van der Waals surface area (Å²) >= 11 is 0. The zero-order valence-electron chi connectivity index (χ0n) is 11.8. The van der Waals surface area contributed by atoms with E-state index in [0.717, 1.165) is 5.56 Å². The number of cyclic esters (lactones) is 1. The monoisotopic (exact) mass is 288 g/mol. The maximum atomic E-state index is 11.1. The topological polar surface area (TPSA) is 66.8 Å². The molecule has 1 aromatic carbocycles. The van der Waals surface area contributed by atoms with Gasteiger partial charge in [-0.2, -0.15) is 0 Å². The molecule has 3 atom stereocenters. The van der Waals surface area contributed by atoms with Crippen LogP contribution in [0.4, 0.5) is 0 Å². The molecule has 4 nitrogen and oxygen atoms in total. The minimum Gasteiger partial charge on any atom is -0.459 e. The van der Waals surface area contributed by atoms with Gasteiger partial charge in [-0.1, -0.05) is 48.6 Å². The molecule has 0 fully saturated rings. The number of carbonyl (C=O) groups is 1. The highest BCUT2D eigenvalue weighted by atomic mass is 16.5. The molecule has 0 saturated carbocycles. The molecule has 4 heteroatoms. The molecular formula is C17H20O4. The van der Waals surface area contributed by atoms with Crippen molar-refractivity contribution in [2.45, 2.75) is 37.6 Å². The van der Waals surface area contributed by atoms with E-state index in [1.165, 1.54) is 6.08 Å². The van der Waals surface area contributed by atoms with Crippen molar-refractivity contribution in [2.75, 3.05) is 0 Å². The maximum absolute atomic E-state index is 11.1. The Kier molecular flexibility index (Phi) is 5.72. The Bertz CT molecular complexity index is 507. The molecule has 0 amide bonds. The lowest BCUT2D eigenvalue weighted by molar-refractivity contribution is -0.145. The number of rotatable bonds is 6. The van der Waals surface area contributed by atoms with Crippen molar-refractivity contribution in [1.29, 1.82) is 0 Å². The smallest absolute Gasteiger partial charge is 0.330 e. The average molecular weight is 288 g/mol. The Morgan fingerprint density at radius 1 is 1.29 bits per heavy atom. The summed E-state index contributed by atoms with van der Waals surface area (Å²) in [4.78, 5) is 11.1. The molecule has 1 aromatic rings. The highest BCUT2D eigenvalue weighted by Gasteiger charge is 2.20. The molecule has 0 aliphatic carbocycles. The van der Waals surface area contributed by atoms with E-state index in [1.807, 2.05) is 36.4 Å². The summed E-state index contributed by atoms with van der Waals surface area (Å²) in [6.45, 7) is 0. The van der Waals surface area contributed by atoms with Crippen LogP contribution >= 0.6 is 0 Å². The third kappa shape index (κ3) is 5.53. The standard InChI is InChI=1S/C17H20O4/c18-14(10-9-13-5-2-1-3-6-13)11-15(19)12-16-7-4-8-17(20)21-16/h1-6,8-10,14-16,18-19H,7,11-12H2/b10-9+/t14-,15+,16?/m0/s1. The van der Waals surface area contributed by atoms with Crippen LogP contribution in [-0.2, 0) is 9.53 Å². The van der Waals surface area contributed by atoms with E-state index in [9.17, 15) is 15.0 Å². The molecule has 1 aliphatic heterocycles. The van der Waals surface area contributed by atoms with Crippen molar-refractivity contribution in [3.63, 3.8) is 0 Å². The SMILES string of the molecule is O=C1C=CCC(C[C@H](O)C[C@@H](O)/C=C/c2ccccc2)O1. The summed E-state index contributed by atoms with van der Waals surface area (Å²) in [5.41, 5.74) is 0.998. The van der Waals surface area contributed by atoms with Gasteiger partial charge in [0.05, 0.1) is 12.2 Å². The van der Waals surface area contributed by atoms with Gasteiger partial charge in [0, 0.05) is 25.3 Å². The summed E-state index contributed by atoms with van der Waals surface area (Å²) in [5, 5.41) is 19.8. The third-order valence-corrected chi connectivity index (χ3v) is 3.29. The first-order valence-electron chi connectivity index (χ1n) is 7.10. The molecule has 1 heterocycles. The minimum absolute atomic E-state index is 0.223. The second kappa shape index (κ2) is 7.76. The van der Waals surface area contributed by atoms with Gasteiger partial charge < -0.3 is 14.9 Å². The number of aliphatic hydroxyl groups is 2. The summed E-state index contributed by atoms with van der Waals surface area (Å²) in [5.74, 6) is -0.372. The van der Waals surface area contributed by atoms with Crippen LogP contribution in [0.5, 0.6) is 0 Å². The van der Waals surface area contributed by atoms with Crippen molar-refractivity contribution in [1.82, 2.24) is 0 Å². The maximum Gasteiger partial charge on any atom is 0.330 e. The van der Waals surface area contributed by atoms with Crippen LogP contribution in [0.2, 0.25) is 0 Å². The van der Waals surface area contributed by atoms with E-state index in [-0.39, 0.29) is 18.5 Å². The first-order chi connectivity index (χ1) is 10.1. The van der Waals surface area contributed by atoms with Gasteiger partial charge in [0.15, 0.2) is 0 Å².